The maximum atomic E-state index is 13.1. The van der Waals surface area contributed by atoms with E-state index in [9.17, 15) is 12.8 Å². The fourth-order valence-corrected chi connectivity index (χ4v) is 4.69. The van der Waals surface area contributed by atoms with Crippen LogP contribution in [0.2, 0.25) is 0 Å². The SMILES string of the molecule is Cc1cc(C)c(S(=O)(=O)N2CC(OCc3cccc(F)c3)C2)cc1C. The molecule has 3 rings (SSSR count). The summed E-state index contributed by atoms with van der Waals surface area (Å²) in [7, 11) is -3.50. The van der Waals surface area contributed by atoms with E-state index in [2.05, 4.69) is 0 Å². The van der Waals surface area contributed by atoms with Crippen LogP contribution in [-0.2, 0) is 21.4 Å². The van der Waals surface area contributed by atoms with Gasteiger partial charge in [0.15, 0.2) is 0 Å². The summed E-state index contributed by atoms with van der Waals surface area (Å²) in [6.45, 7) is 6.62. The Morgan fingerprint density at radius 1 is 1.08 bits per heavy atom. The van der Waals surface area contributed by atoms with E-state index in [1.54, 1.807) is 18.2 Å². The van der Waals surface area contributed by atoms with Gasteiger partial charge in [-0.25, -0.2) is 12.8 Å². The maximum absolute atomic E-state index is 13.1. The second-order valence-electron chi connectivity index (χ2n) is 6.59. The second kappa shape index (κ2) is 6.86. The molecule has 0 saturated carbocycles. The highest BCUT2D eigenvalue weighted by Crippen LogP contribution is 2.27. The molecule has 0 amide bonds. The molecular weight excluding hydrogens is 341 g/mol. The zero-order chi connectivity index (χ0) is 18.2. The van der Waals surface area contributed by atoms with Gasteiger partial charge in [-0.05, 0) is 61.2 Å². The summed E-state index contributed by atoms with van der Waals surface area (Å²) < 4.78 is 45.8. The first-order chi connectivity index (χ1) is 11.8. The minimum Gasteiger partial charge on any atom is -0.371 e. The number of hydrogen-bond donors (Lipinski definition) is 0. The van der Waals surface area contributed by atoms with Gasteiger partial charge >= 0.3 is 0 Å². The Morgan fingerprint density at radius 3 is 2.44 bits per heavy atom. The molecule has 0 atom stereocenters. The molecule has 1 saturated heterocycles. The van der Waals surface area contributed by atoms with E-state index in [1.807, 2.05) is 26.8 Å². The fraction of sp³-hybridized carbons (Fsp3) is 0.368. The first kappa shape index (κ1) is 18.0. The van der Waals surface area contributed by atoms with Crippen molar-refractivity contribution in [2.24, 2.45) is 0 Å². The Hall–Kier alpha value is -1.76. The van der Waals surface area contributed by atoms with Crippen molar-refractivity contribution >= 4 is 10.0 Å². The summed E-state index contributed by atoms with van der Waals surface area (Å²) >= 11 is 0. The summed E-state index contributed by atoms with van der Waals surface area (Å²) in [5.74, 6) is -0.302. The Morgan fingerprint density at radius 2 is 1.76 bits per heavy atom. The van der Waals surface area contributed by atoms with Crippen molar-refractivity contribution in [1.29, 1.82) is 0 Å². The van der Waals surface area contributed by atoms with Crippen molar-refractivity contribution in [3.63, 3.8) is 0 Å². The molecule has 0 radical (unpaired) electrons. The average Bonchev–Trinajstić information content (AvgIpc) is 2.49. The van der Waals surface area contributed by atoms with Crippen molar-refractivity contribution in [2.45, 2.75) is 38.4 Å². The third-order valence-electron chi connectivity index (χ3n) is 4.60. The number of aryl methyl sites for hydroxylation is 3. The van der Waals surface area contributed by atoms with Crippen LogP contribution in [0.3, 0.4) is 0 Å². The van der Waals surface area contributed by atoms with Crippen LogP contribution in [0.4, 0.5) is 4.39 Å². The van der Waals surface area contributed by atoms with Gasteiger partial charge in [0, 0.05) is 13.1 Å². The van der Waals surface area contributed by atoms with Crippen molar-refractivity contribution < 1.29 is 17.5 Å². The van der Waals surface area contributed by atoms with Crippen molar-refractivity contribution in [1.82, 2.24) is 4.31 Å². The van der Waals surface area contributed by atoms with Gasteiger partial charge < -0.3 is 4.74 Å². The summed E-state index contributed by atoms with van der Waals surface area (Å²) in [6, 6.07) is 9.86. The van der Waals surface area contributed by atoms with Crippen molar-refractivity contribution in [3.8, 4) is 0 Å². The highest BCUT2D eigenvalue weighted by atomic mass is 32.2. The van der Waals surface area contributed by atoms with E-state index < -0.39 is 10.0 Å². The Bertz CT molecular complexity index is 890. The molecule has 25 heavy (non-hydrogen) atoms. The lowest BCUT2D eigenvalue weighted by Crippen LogP contribution is -2.54. The summed E-state index contributed by atoms with van der Waals surface area (Å²) in [5.41, 5.74) is 3.54. The van der Waals surface area contributed by atoms with Crippen molar-refractivity contribution in [3.05, 3.63) is 64.5 Å². The largest absolute Gasteiger partial charge is 0.371 e. The summed E-state index contributed by atoms with van der Waals surface area (Å²) in [5, 5.41) is 0. The molecule has 0 aliphatic carbocycles. The van der Waals surface area contributed by atoms with Crippen LogP contribution in [0.5, 0.6) is 0 Å². The van der Waals surface area contributed by atoms with E-state index in [-0.39, 0.29) is 18.5 Å². The fourth-order valence-electron chi connectivity index (χ4n) is 2.89. The molecule has 0 spiro atoms. The first-order valence-electron chi connectivity index (χ1n) is 8.21. The molecule has 0 bridgehead atoms. The van der Waals surface area contributed by atoms with E-state index in [1.165, 1.54) is 16.4 Å². The van der Waals surface area contributed by atoms with Gasteiger partial charge in [-0.1, -0.05) is 18.2 Å². The number of sulfonamides is 1. The van der Waals surface area contributed by atoms with Crippen LogP contribution in [-0.4, -0.2) is 31.9 Å². The van der Waals surface area contributed by atoms with Crippen LogP contribution in [0, 0.1) is 26.6 Å². The quantitative estimate of drug-likeness (QED) is 0.819. The highest BCUT2D eigenvalue weighted by Gasteiger charge is 2.38. The van der Waals surface area contributed by atoms with Crippen LogP contribution >= 0.6 is 0 Å². The number of nitrogens with zero attached hydrogens (tertiary/aromatic N) is 1. The normalized spacial score (nSPS) is 16.0. The maximum Gasteiger partial charge on any atom is 0.243 e. The average molecular weight is 363 g/mol. The molecule has 6 heteroatoms. The van der Waals surface area contributed by atoms with E-state index >= 15 is 0 Å². The van der Waals surface area contributed by atoms with Gasteiger partial charge in [0.05, 0.1) is 17.6 Å². The van der Waals surface area contributed by atoms with Gasteiger partial charge in [0.25, 0.3) is 0 Å². The molecule has 2 aromatic rings. The second-order valence-corrected chi connectivity index (χ2v) is 8.49. The van der Waals surface area contributed by atoms with Gasteiger partial charge in [0.2, 0.25) is 10.0 Å². The lowest BCUT2D eigenvalue weighted by Gasteiger charge is -2.38. The molecule has 1 aliphatic heterocycles. The summed E-state index contributed by atoms with van der Waals surface area (Å²) in [4.78, 5) is 0.360. The Labute approximate surface area is 148 Å². The predicted octanol–water partition coefficient (Wildman–Crippen LogP) is 3.34. The smallest absolute Gasteiger partial charge is 0.243 e. The highest BCUT2D eigenvalue weighted by molar-refractivity contribution is 7.89. The zero-order valence-corrected chi connectivity index (χ0v) is 15.4. The molecule has 1 aliphatic rings. The molecule has 0 aromatic heterocycles. The molecule has 2 aromatic carbocycles. The topological polar surface area (TPSA) is 46.6 Å². The predicted molar refractivity (Wildman–Crippen MR) is 94.4 cm³/mol. The van der Waals surface area contributed by atoms with Crippen LogP contribution in [0.15, 0.2) is 41.3 Å². The minimum absolute atomic E-state index is 0.162. The molecule has 134 valence electrons. The van der Waals surface area contributed by atoms with Crippen LogP contribution in [0.25, 0.3) is 0 Å². The number of ether oxygens (including phenoxy) is 1. The van der Waals surface area contributed by atoms with E-state index in [4.69, 9.17) is 4.74 Å². The van der Waals surface area contributed by atoms with Gasteiger partial charge in [-0.3, -0.25) is 0 Å². The standard InChI is InChI=1S/C19H22FNO3S/c1-13-7-15(3)19(8-14(13)2)25(22,23)21-10-18(11-21)24-12-16-5-4-6-17(20)9-16/h4-9,18H,10-12H2,1-3H3. The number of halogens is 1. The third kappa shape index (κ3) is 3.76. The van der Waals surface area contributed by atoms with Crippen molar-refractivity contribution in [2.75, 3.05) is 13.1 Å². The van der Waals surface area contributed by atoms with Crippen LogP contribution < -0.4 is 0 Å². The third-order valence-corrected chi connectivity index (χ3v) is 6.57. The minimum atomic E-state index is -3.50. The lowest BCUT2D eigenvalue weighted by molar-refractivity contribution is -0.0296. The first-order valence-corrected chi connectivity index (χ1v) is 9.65. The molecule has 4 nitrogen and oxygen atoms in total. The van der Waals surface area contributed by atoms with Crippen LogP contribution in [0.1, 0.15) is 22.3 Å². The number of benzene rings is 2. The number of hydrogen-bond acceptors (Lipinski definition) is 3. The van der Waals surface area contributed by atoms with Gasteiger partial charge in [0.1, 0.15) is 5.82 Å². The molecule has 1 heterocycles. The molecular formula is C19H22FNO3S. The van der Waals surface area contributed by atoms with E-state index in [0.29, 0.717) is 18.0 Å². The molecule has 1 fully saturated rings. The van der Waals surface area contributed by atoms with E-state index in [0.717, 1.165) is 22.3 Å². The number of rotatable bonds is 5. The zero-order valence-electron chi connectivity index (χ0n) is 14.6. The van der Waals surface area contributed by atoms with Gasteiger partial charge in [-0.2, -0.15) is 4.31 Å². The molecule has 0 N–H and O–H groups in total. The lowest BCUT2D eigenvalue weighted by atomic mass is 10.1. The van der Waals surface area contributed by atoms with Gasteiger partial charge in [-0.15, -0.1) is 0 Å². The summed E-state index contributed by atoms with van der Waals surface area (Å²) in [6.07, 6.45) is -0.162. The Kier molecular flexibility index (Phi) is 4.95. The Balaban J connectivity index is 1.63. The monoisotopic (exact) mass is 363 g/mol. The molecule has 0 unspecified atom stereocenters.